The van der Waals surface area contributed by atoms with Gasteiger partial charge in [0.2, 0.25) is 0 Å². The molecule has 0 fully saturated rings. The Morgan fingerprint density at radius 3 is 2.88 bits per heavy atom. The van der Waals surface area contributed by atoms with Crippen molar-refractivity contribution in [3.8, 4) is 6.07 Å². The van der Waals surface area contributed by atoms with Gasteiger partial charge in [-0.2, -0.15) is 10.4 Å². The van der Waals surface area contributed by atoms with Gasteiger partial charge in [0, 0.05) is 38.3 Å². The minimum Gasteiger partial charge on any atom is -0.350 e. The molecule has 0 spiro atoms. The van der Waals surface area contributed by atoms with Crippen molar-refractivity contribution in [2.45, 2.75) is 19.9 Å². The van der Waals surface area contributed by atoms with Crippen LogP contribution in [0.3, 0.4) is 0 Å². The van der Waals surface area contributed by atoms with Crippen LogP contribution < -0.4 is 10.2 Å². The zero-order valence-electron chi connectivity index (χ0n) is 14.6. The van der Waals surface area contributed by atoms with Gasteiger partial charge in [0.15, 0.2) is 11.5 Å². The third-order valence-corrected chi connectivity index (χ3v) is 4.51. The van der Waals surface area contributed by atoms with Crippen molar-refractivity contribution >= 4 is 17.3 Å². The van der Waals surface area contributed by atoms with E-state index in [1.165, 1.54) is 0 Å². The van der Waals surface area contributed by atoms with E-state index in [0.717, 1.165) is 47.1 Å². The van der Waals surface area contributed by atoms with E-state index in [2.05, 4.69) is 36.6 Å². The summed E-state index contributed by atoms with van der Waals surface area (Å²) in [6.45, 7) is 3.50. The van der Waals surface area contributed by atoms with Crippen molar-refractivity contribution in [1.82, 2.24) is 25.0 Å². The van der Waals surface area contributed by atoms with Gasteiger partial charge in [-0.15, -0.1) is 10.2 Å². The Labute approximate surface area is 151 Å². The smallest absolute Gasteiger partial charge is 0.163 e. The molecule has 3 aromatic rings. The molecule has 0 radical (unpaired) electrons. The van der Waals surface area contributed by atoms with Crippen molar-refractivity contribution in [1.29, 1.82) is 5.26 Å². The summed E-state index contributed by atoms with van der Waals surface area (Å²) in [6, 6.07) is 7.84. The molecule has 0 aromatic carbocycles. The Hall–Kier alpha value is -3.47. The standard InChI is InChI=1S/C18H18N8/c1-12-7-14(9-19)23-24-18(12)26-6-4-16-13(11-26)8-15(10-20-16)22-17-3-5-21-25(17)2/h3,5,7-8,10,22H,4,6,11H2,1-2H3. The Morgan fingerprint density at radius 1 is 1.27 bits per heavy atom. The molecule has 1 aliphatic rings. The van der Waals surface area contributed by atoms with Gasteiger partial charge in [-0.05, 0) is 30.2 Å². The van der Waals surface area contributed by atoms with Crippen LogP contribution in [0.1, 0.15) is 22.5 Å². The molecule has 8 heteroatoms. The molecule has 1 N–H and O–H groups in total. The first kappa shape index (κ1) is 16.0. The first-order chi connectivity index (χ1) is 12.6. The minimum absolute atomic E-state index is 0.341. The van der Waals surface area contributed by atoms with Crippen molar-refractivity contribution in [3.05, 3.63) is 53.1 Å². The van der Waals surface area contributed by atoms with E-state index < -0.39 is 0 Å². The van der Waals surface area contributed by atoms with Crippen molar-refractivity contribution < 1.29 is 0 Å². The largest absolute Gasteiger partial charge is 0.350 e. The number of rotatable bonds is 3. The van der Waals surface area contributed by atoms with E-state index in [9.17, 15) is 0 Å². The molecule has 0 saturated carbocycles. The Balaban J connectivity index is 1.59. The van der Waals surface area contributed by atoms with Gasteiger partial charge in [0.25, 0.3) is 0 Å². The van der Waals surface area contributed by atoms with Crippen LogP contribution in [0.5, 0.6) is 0 Å². The fraction of sp³-hybridized carbons (Fsp3) is 0.278. The average Bonchev–Trinajstić information content (AvgIpc) is 3.05. The fourth-order valence-corrected chi connectivity index (χ4v) is 3.17. The summed E-state index contributed by atoms with van der Waals surface area (Å²) in [5.74, 6) is 1.73. The van der Waals surface area contributed by atoms with Crippen LogP contribution in [0, 0.1) is 18.3 Å². The van der Waals surface area contributed by atoms with E-state index in [-0.39, 0.29) is 0 Å². The average molecular weight is 346 g/mol. The summed E-state index contributed by atoms with van der Waals surface area (Å²) < 4.78 is 1.78. The molecular weight excluding hydrogens is 328 g/mol. The maximum atomic E-state index is 8.96. The van der Waals surface area contributed by atoms with Crippen LogP contribution in [0.15, 0.2) is 30.6 Å². The van der Waals surface area contributed by atoms with Crippen LogP contribution in [0.25, 0.3) is 0 Å². The molecule has 0 atom stereocenters. The lowest BCUT2D eigenvalue weighted by molar-refractivity contribution is 0.693. The van der Waals surface area contributed by atoms with Gasteiger partial charge < -0.3 is 10.2 Å². The number of fused-ring (bicyclic) bond motifs is 1. The van der Waals surface area contributed by atoms with Crippen molar-refractivity contribution in [2.24, 2.45) is 7.05 Å². The Bertz CT molecular complexity index is 1000. The second-order valence-corrected chi connectivity index (χ2v) is 6.31. The summed E-state index contributed by atoms with van der Waals surface area (Å²) in [4.78, 5) is 6.79. The predicted octanol–water partition coefficient (Wildman–Crippen LogP) is 2.09. The molecular formula is C18H18N8. The number of aryl methyl sites for hydroxylation is 2. The molecule has 4 rings (SSSR count). The summed E-state index contributed by atoms with van der Waals surface area (Å²) in [6.07, 6.45) is 4.46. The van der Waals surface area contributed by atoms with Gasteiger partial charge in [-0.25, -0.2) is 0 Å². The maximum absolute atomic E-state index is 8.96. The lowest BCUT2D eigenvalue weighted by Crippen LogP contribution is -2.32. The SMILES string of the molecule is Cc1cc(C#N)nnc1N1CCc2ncc(Nc3ccnn3C)cc2C1. The second-order valence-electron chi connectivity index (χ2n) is 6.31. The number of hydrogen-bond donors (Lipinski definition) is 1. The number of nitriles is 1. The molecule has 8 nitrogen and oxygen atoms in total. The molecule has 3 aromatic heterocycles. The summed E-state index contributed by atoms with van der Waals surface area (Å²) in [5, 5.41) is 24.7. The number of anilines is 3. The molecule has 4 heterocycles. The maximum Gasteiger partial charge on any atom is 0.163 e. The Kier molecular flexibility index (Phi) is 3.97. The van der Waals surface area contributed by atoms with Crippen molar-refractivity contribution in [3.63, 3.8) is 0 Å². The monoisotopic (exact) mass is 346 g/mol. The van der Waals surface area contributed by atoms with Crippen LogP contribution in [0.2, 0.25) is 0 Å². The highest BCUT2D eigenvalue weighted by Crippen LogP contribution is 2.26. The summed E-state index contributed by atoms with van der Waals surface area (Å²) in [5.41, 5.74) is 4.49. The van der Waals surface area contributed by atoms with Crippen LogP contribution in [0.4, 0.5) is 17.3 Å². The van der Waals surface area contributed by atoms with Gasteiger partial charge in [-0.3, -0.25) is 9.67 Å². The van der Waals surface area contributed by atoms with E-state index in [0.29, 0.717) is 12.2 Å². The number of nitrogens with zero attached hydrogens (tertiary/aromatic N) is 7. The van der Waals surface area contributed by atoms with E-state index in [1.54, 1.807) is 16.9 Å². The van der Waals surface area contributed by atoms with E-state index >= 15 is 0 Å². The minimum atomic E-state index is 0.341. The lowest BCUT2D eigenvalue weighted by atomic mass is 10.0. The number of pyridine rings is 1. The van der Waals surface area contributed by atoms with E-state index in [4.69, 9.17) is 5.26 Å². The van der Waals surface area contributed by atoms with Gasteiger partial charge in [0.05, 0.1) is 18.1 Å². The fourth-order valence-electron chi connectivity index (χ4n) is 3.17. The molecule has 130 valence electrons. The molecule has 1 aliphatic heterocycles. The Morgan fingerprint density at radius 2 is 2.15 bits per heavy atom. The van der Waals surface area contributed by atoms with Crippen LogP contribution in [-0.2, 0) is 20.0 Å². The first-order valence-electron chi connectivity index (χ1n) is 8.36. The third-order valence-electron chi connectivity index (χ3n) is 4.51. The highest BCUT2D eigenvalue weighted by Gasteiger charge is 2.21. The molecule has 0 saturated heterocycles. The highest BCUT2D eigenvalue weighted by atomic mass is 15.3. The van der Waals surface area contributed by atoms with E-state index in [1.807, 2.05) is 32.3 Å². The number of nitrogens with one attached hydrogen (secondary N) is 1. The van der Waals surface area contributed by atoms with Crippen molar-refractivity contribution in [2.75, 3.05) is 16.8 Å². The zero-order chi connectivity index (χ0) is 18.1. The second kappa shape index (κ2) is 6.44. The topological polar surface area (TPSA) is 95.6 Å². The van der Waals surface area contributed by atoms with Gasteiger partial charge >= 0.3 is 0 Å². The first-order valence-corrected chi connectivity index (χ1v) is 8.36. The highest BCUT2D eigenvalue weighted by molar-refractivity contribution is 5.58. The number of hydrogen-bond acceptors (Lipinski definition) is 7. The third kappa shape index (κ3) is 2.95. The molecule has 0 bridgehead atoms. The predicted molar refractivity (Wildman–Crippen MR) is 97.0 cm³/mol. The zero-order valence-corrected chi connectivity index (χ0v) is 14.6. The quantitative estimate of drug-likeness (QED) is 0.776. The van der Waals surface area contributed by atoms with Crippen LogP contribution >= 0.6 is 0 Å². The lowest BCUT2D eigenvalue weighted by Gasteiger charge is -2.30. The van der Waals surface area contributed by atoms with Gasteiger partial charge in [-0.1, -0.05) is 0 Å². The normalized spacial score (nSPS) is 13.2. The number of aromatic nitrogens is 5. The molecule has 0 aliphatic carbocycles. The van der Waals surface area contributed by atoms with Crippen LogP contribution in [-0.4, -0.2) is 31.5 Å². The molecule has 0 unspecified atom stereocenters. The molecule has 26 heavy (non-hydrogen) atoms. The summed E-state index contributed by atoms with van der Waals surface area (Å²) >= 11 is 0. The summed E-state index contributed by atoms with van der Waals surface area (Å²) in [7, 11) is 1.89. The van der Waals surface area contributed by atoms with Gasteiger partial charge in [0.1, 0.15) is 11.9 Å². The molecule has 0 amide bonds.